The molecule has 2 atom stereocenters. The van der Waals surface area contributed by atoms with Crippen molar-refractivity contribution in [2.45, 2.75) is 21.4 Å². The smallest absolute Gasteiger partial charge is 0.352 e. The number of aliphatic carboxylic acids is 1. The molecule has 10 heteroatoms. The van der Waals surface area contributed by atoms with Crippen LogP contribution in [0.1, 0.15) is 6.42 Å². The lowest BCUT2D eigenvalue weighted by molar-refractivity contribution is -0.146. The fourth-order valence-electron chi connectivity index (χ4n) is 2.07. The van der Waals surface area contributed by atoms with Crippen LogP contribution in [0.3, 0.4) is 0 Å². The first-order valence-corrected chi connectivity index (χ1v) is 8.37. The van der Waals surface area contributed by atoms with Crippen molar-refractivity contribution in [2.75, 3.05) is 5.75 Å². The van der Waals surface area contributed by atoms with E-state index >= 15 is 0 Å². The molecule has 20 heavy (non-hydrogen) atoms. The molecule has 0 spiro atoms. The van der Waals surface area contributed by atoms with E-state index in [2.05, 4.69) is 9.59 Å². The second-order valence-corrected chi connectivity index (χ2v) is 7.57. The van der Waals surface area contributed by atoms with E-state index in [1.165, 1.54) is 40.0 Å². The van der Waals surface area contributed by atoms with Crippen molar-refractivity contribution in [1.82, 2.24) is 14.5 Å². The van der Waals surface area contributed by atoms with E-state index in [4.69, 9.17) is 5.73 Å². The van der Waals surface area contributed by atoms with Crippen LogP contribution in [0.2, 0.25) is 0 Å². The summed E-state index contributed by atoms with van der Waals surface area (Å²) < 4.78 is 4.63. The summed E-state index contributed by atoms with van der Waals surface area (Å²) in [7, 11) is 0. The Morgan fingerprint density at radius 3 is 3.05 bits per heavy atom. The number of nitrogens with two attached hydrogens (primary N) is 1. The molecule has 3 heterocycles. The summed E-state index contributed by atoms with van der Waals surface area (Å²) in [5, 5.41) is 12.6. The highest BCUT2D eigenvalue weighted by molar-refractivity contribution is 8.02. The molecule has 2 aliphatic heterocycles. The second-order valence-electron chi connectivity index (χ2n) is 4.18. The van der Waals surface area contributed by atoms with Crippen LogP contribution in [0.25, 0.3) is 0 Å². The number of carbonyl (C=O) groups excluding carboxylic acids is 1. The standard InChI is InChI=1S/C10H10N4O3S3/c11-9-4(3-18-7-2-12-13-20-7)8(10(16)17)14-5(15)1-6(14)19-9/h2,6,9H,1,3,11H2,(H,16,17)/t6-,9?/m1/s1. The number of hydrogen-bond donors (Lipinski definition) is 2. The van der Waals surface area contributed by atoms with Crippen LogP contribution in [-0.4, -0.2) is 48.0 Å². The monoisotopic (exact) mass is 330 g/mol. The minimum atomic E-state index is -1.10. The van der Waals surface area contributed by atoms with Gasteiger partial charge in [-0.3, -0.25) is 9.69 Å². The molecule has 3 rings (SSSR count). The summed E-state index contributed by atoms with van der Waals surface area (Å²) >= 11 is 4.10. The zero-order valence-corrected chi connectivity index (χ0v) is 12.5. The maximum atomic E-state index is 11.6. The molecule has 0 bridgehead atoms. The minimum absolute atomic E-state index is 0.0440. The van der Waals surface area contributed by atoms with Gasteiger partial charge in [-0.15, -0.1) is 28.6 Å². The van der Waals surface area contributed by atoms with Crippen molar-refractivity contribution >= 4 is 46.9 Å². The molecule has 1 aromatic rings. The van der Waals surface area contributed by atoms with Crippen molar-refractivity contribution in [1.29, 1.82) is 0 Å². The van der Waals surface area contributed by atoms with Gasteiger partial charge < -0.3 is 10.8 Å². The van der Waals surface area contributed by atoms with Gasteiger partial charge in [0.05, 0.1) is 23.4 Å². The van der Waals surface area contributed by atoms with Crippen LogP contribution in [0.5, 0.6) is 0 Å². The van der Waals surface area contributed by atoms with Crippen LogP contribution in [0.4, 0.5) is 0 Å². The van der Waals surface area contributed by atoms with Gasteiger partial charge in [-0.05, 0) is 17.1 Å². The SMILES string of the molecule is NC1S[C@@H]2CC(=O)N2C(C(=O)O)=C1CSc1cnns1. The number of hydrogen-bond acceptors (Lipinski definition) is 8. The number of carboxylic acid groups (broad SMARTS) is 1. The maximum Gasteiger partial charge on any atom is 0.352 e. The number of carboxylic acids is 1. The molecular weight excluding hydrogens is 320 g/mol. The largest absolute Gasteiger partial charge is 0.477 e. The minimum Gasteiger partial charge on any atom is -0.477 e. The topological polar surface area (TPSA) is 109 Å². The van der Waals surface area contributed by atoms with Crippen molar-refractivity contribution in [3.63, 3.8) is 0 Å². The Bertz CT molecular complexity index is 589. The van der Waals surface area contributed by atoms with Crippen molar-refractivity contribution in [3.8, 4) is 0 Å². The third kappa shape index (κ3) is 2.32. The first kappa shape index (κ1) is 13.9. The van der Waals surface area contributed by atoms with E-state index in [0.29, 0.717) is 17.7 Å². The molecule has 0 radical (unpaired) electrons. The normalized spacial score (nSPS) is 25.4. The third-order valence-corrected chi connectivity index (χ3v) is 6.16. The van der Waals surface area contributed by atoms with Crippen LogP contribution < -0.4 is 5.73 Å². The first-order valence-electron chi connectivity index (χ1n) is 5.67. The van der Waals surface area contributed by atoms with Gasteiger partial charge in [0.25, 0.3) is 0 Å². The van der Waals surface area contributed by atoms with Gasteiger partial charge in [0, 0.05) is 5.75 Å². The van der Waals surface area contributed by atoms with E-state index in [0.717, 1.165) is 4.21 Å². The van der Waals surface area contributed by atoms with Gasteiger partial charge in [-0.2, -0.15) is 0 Å². The molecule has 1 unspecified atom stereocenters. The molecule has 0 aliphatic carbocycles. The lowest BCUT2D eigenvalue weighted by Crippen LogP contribution is -2.56. The van der Waals surface area contributed by atoms with Gasteiger partial charge in [0.15, 0.2) is 0 Å². The lowest BCUT2D eigenvalue weighted by Gasteiger charge is -2.45. The zero-order chi connectivity index (χ0) is 14.3. The van der Waals surface area contributed by atoms with Gasteiger partial charge in [-0.1, -0.05) is 4.49 Å². The fourth-order valence-corrected chi connectivity index (χ4v) is 4.95. The number of nitrogens with zero attached hydrogens (tertiary/aromatic N) is 3. The Kier molecular flexibility index (Phi) is 3.71. The van der Waals surface area contributed by atoms with E-state index in [-0.39, 0.29) is 17.0 Å². The van der Waals surface area contributed by atoms with Crippen molar-refractivity contribution in [3.05, 3.63) is 17.5 Å². The quantitative estimate of drug-likeness (QED) is 0.609. The van der Waals surface area contributed by atoms with Crippen molar-refractivity contribution in [2.24, 2.45) is 5.73 Å². The van der Waals surface area contributed by atoms with Crippen molar-refractivity contribution < 1.29 is 14.7 Å². The molecule has 1 fully saturated rings. The number of β-lactam (4-membered cyclic amide) rings is 1. The van der Waals surface area contributed by atoms with E-state index in [1.807, 2.05) is 0 Å². The van der Waals surface area contributed by atoms with E-state index in [1.54, 1.807) is 6.20 Å². The van der Waals surface area contributed by atoms with Crippen LogP contribution in [0.15, 0.2) is 21.7 Å². The average molecular weight is 330 g/mol. The van der Waals surface area contributed by atoms with Gasteiger partial charge in [0.1, 0.15) is 9.91 Å². The molecule has 7 nitrogen and oxygen atoms in total. The Hall–Kier alpha value is -1.10. The molecule has 1 aromatic heterocycles. The molecule has 2 aliphatic rings. The summed E-state index contributed by atoms with van der Waals surface area (Å²) in [6.07, 6.45) is 1.98. The molecule has 1 saturated heterocycles. The molecular formula is C10H10N4O3S3. The summed E-state index contributed by atoms with van der Waals surface area (Å²) in [6, 6.07) is 0. The summed E-state index contributed by atoms with van der Waals surface area (Å²) in [4.78, 5) is 24.4. The number of rotatable bonds is 4. The van der Waals surface area contributed by atoms with Gasteiger partial charge >= 0.3 is 5.97 Å². The summed E-state index contributed by atoms with van der Waals surface area (Å²) in [6.45, 7) is 0. The average Bonchev–Trinajstić information content (AvgIpc) is 2.89. The summed E-state index contributed by atoms with van der Waals surface area (Å²) in [5.41, 5.74) is 6.66. The molecule has 106 valence electrons. The summed E-state index contributed by atoms with van der Waals surface area (Å²) in [5.74, 6) is -0.846. The predicted molar refractivity (Wildman–Crippen MR) is 76.1 cm³/mol. The highest BCUT2D eigenvalue weighted by Gasteiger charge is 2.47. The molecule has 3 N–H and O–H groups in total. The first-order chi connectivity index (χ1) is 9.58. The van der Waals surface area contributed by atoms with Crippen LogP contribution in [0, 0.1) is 0 Å². The Balaban J connectivity index is 1.88. The lowest BCUT2D eigenvalue weighted by atomic mass is 10.1. The van der Waals surface area contributed by atoms with Crippen LogP contribution >= 0.6 is 35.1 Å². The number of fused-ring (bicyclic) bond motifs is 1. The molecule has 1 amide bonds. The number of aromatic nitrogens is 2. The Labute approximate surface area is 126 Å². The number of carbonyl (C=O) groups is 2. The Morgan fingerprint density at radius 1 is 1.65 bits per heavy atom. The predicted octanol–water partition coefficient (Wildman–Crippen LogP) is 0.559. The van der Waals surface area contributed by atoms with Crippen LogP contribution in [-0.2, 0) is 9.59 Å². The molecule has 0 aromatic carbocycles. The Morgan fingerprint density at radius 2 is 2.45 bits per heavy atom. The third-order valence-electron chi connectivity index (χ3n) is 3.01. The number of thioether (sulfide) groups is 2. The highest BCUT2D eigenvalue weighted by atomic mass is 32.2. The second kappa shape index (κ2) is 5.35. The van der Waals surface area contributed by atoms with E-state index < -0.39 is 11.3 Å². The van der Waals surface area contributed by atoms with E-state index in [9.17, 15) is 14.7 Å². The number of amides is 1. The maximum absolute atomic E-state index is 11.6. The fraction of sp³-hybridized carbons (Fsp3) is 0.400. The van der Waals surface area contributed by atoms with Gasteiger partial charge in [-0.25, -0.2) is 4.79 Å². The van der Waals surface area contributed by atoms with Gasteiger partial charge in [0.2, 0.25) is 5.91 Å². The highest BCUT2D eigenvalue weighted by Crippen LogP contribution is 2.43. The zero-order valence-electron chi connectivity index (χ0n) is 10.1. The molecule has 0 saturated carbocycles.